The highest BCUT2D eigenvalue weighted by Crippen LogP contribution is 2.28. The Morgan fingerprint density at radius 2 is 2.04 bits per heavy atom. The van der Waals surface area contributed by atoms with Crippen molar-refractivity contribution >= 4 is 11.9 Å². The lowest BCUT2D eigenvalue weighted by Gasteiger charge is -2.07. The number of hydrogen-bond acceptors (Lipinski definition) is 5. The van der Waals surface area contributed by atoms with E-state index in [9.17, 15) is 22.8 Å². The Bertz CT molecular complexity index is 726. The Hall–Kier alpha value is -2.98. The predicted octanol–water partition coefficient (Wildman–Crippen LogP) is 0.884. The van der Waals surface area contributed by atoms with Crippen LogP contribution >= 0.6 is 0 Å². The maximum absolute atomic E-state index is 12.4. The number of pyridine rings is 1. The normalized spacial score (nSPS) is 12.7. The van der Waals surface area contributed by atoms with Crippen LogP contribution in [0.25, 0.3) is 5.82 Å². The number of nitrogens with zero attached hydrogens (tertiary/aromatic N) is 4. The first-order valence-electron chi connectivity index (χ1n) is 6.18. The van der Waals surface area contributed by atoms with E-state index in [4.69, 9.17) is 5.11 Å². The van der Waals surface area contributed by atoms with Gasteiger partial charge in [-0.2, -0.15) is 13.2 Å². The summed E-state index contributed by atoms with van der Waals surface area (Å²) in [4.78, 5) is 26.0. The van der Waals surface area contributed by atoms with E-state index in [0.717, 1.165) is 23.0 Å². The molecule has 0 aliphatic rings. The average Bonchev–Trinajstić information content (AvgIpc) is 2.96. The lowest BCUT2D eigenvalue weighted by Crippen LogP contribution is -2.38. The number of halogens is 3. The number of hydrogen-bond donors (Lipinski definition) is 2. The minimum absolute atomic E-state index is 0.0239. The van der Waals surface area contributed by atoms with Gasteiger partial charge in [-0.15, -0.1) is 5.10 Å². The van der Waals surface area contributed by atoms with Crippen LogP contribution in [0.3, 0.4) is 0 Å². The van der Waals surface area contributed by atoms with Crippen molar-refractivity contribution in [2.45, 2.75) is 19.1 Å². The van der Waals surface area contributed by atoms with Crippen molar-refractivity contribution in [3.63, 3.8) is 0 Å². The molecular weight excluding hydrogens is 319 g/mol. The van der Waals surface area contributed by atoms with Crippen LogP contribution in [0.1, 0.15) is 23.0 Å². The molecule has 0 aromatic carbocycles. The second-order valence-corrected chi connectivity index (χ2v) is 4.48. The zero-order chi connectivity index (χ0) is 17.2. The number of carbonyl (C=O) groups is 2. The van der Waals surface area contributed by atoms with Gasteiger partial charge in [-0.05, 0) is 19.1 Å². The fraction of sp³-hybridized carbons (Fsp3) is 0.250. The minimum atomic E-state index is -4.51. The Kier molecular flexibility index (Phi) is 4.29. The third-order valence-corrected chi connectivity index (χ3v) is 2.75. The first-order valence-corrected chi connectivity index (χ1v) is 6.18. The smallest absolute Gasteiger partial charge is 0.417 e. The third-order valence-electron chi connectivity index (χ3n) is 2.75. The van der Waals surface area contributed by atoms with Crippen molar-refractivity contribution < 1.29 is 27.9 Å². The van der Waals surface area contributed by atoms with Gasteiger partial charge in [0.1, 0.15) is 6.04 Å². The van der Waals surface area contributed by atoms with E-state index >= 15 is 0 Å². The molecule has 0 fully saturated rings. The average molecular weight is 329 g/mol. The van der Waals surface area contributed by atoms with Crippen molar-refractivity contribution in [3.05, 3.63) is 35.8 Å². The number of amides is 1. The van der Waals surface area contributed by atoms with Crippen LogP contribution in [0.15, 0.2) is 24.5 Å². The number of aromatic nitrogens is 4. The van der Waals surface area contributed by atoms with Crippen molar-refractivity contribution in [2.75, 3.05) is 0 Å². The highest BCUT2D eigenvalue weighted by Gasteiger charge is 2.30. The molecule has 2 N–H and O–H groups in total. The van der Waals surface area contributed by atoms with Gasteiger partial charge < -0.3 is 10.4 Å². The van der Waals surface area contributed by atoms with E-state index in [1.807, 2.05) is 0 Å². The molecule has 0 aliphatic heterocycles. The second kappa shape index (κ2) is 6.02. The monoisotopic (exact) mass is 329 g/mol. The maximum Gasteiger partial charge on any atom is 0.417 e. The molecular formula is C12H10F3N5O3. The second-order valence-electron chi connectivity index (χ2n) is 4.48. The number of aliphatic carboxylic acids is 1. The van der Waals surface area contributed by atoms with Gasteiger partial charge in [-0.25, -0.2) is 9.67 Å². The SMILES string of the molecule is C[C@H](NC(=O)c1cn(-c2ccc(C(F)(F)F)cn2)nn1)C(=O)O. The van der Waals surface area contributed by atoms with Crippen LogP contribution in [0.5, 0.6) is 0 Å². The largest absolute Gasteiger partial charge is 0.480 e. The summed E-state index contributed by atoms with van der Waals surface area (Å²) < 4.78 is 38.3. The highest BCUT2D eigenvalue weighted by atomic mass is 19.4. The third kappa shape index (κ3) is 3.81. The Balaban J connectivity index is 2.16. The number of rotatable bonds is 4. The summed E-state index contributed by atoms with van der Waals surface area (Å²) in [7, 11) is 0. The van der Waals surface area contributed by atoms with Crippen molar-refractivity contribution in [1.29, 1.82) is 0 Å². The topological polar surface area (TPSA) is 110 Å². The van der Waals surface area contributed by atoms with Gasteiger partial charge in [-0.1, -0.05) is 5.21 Å². The van der Waals surface area contributed by atoms with E-state index in [-0.39, 0.29) is 11.5 Å². The number of carboxylic acid groups (broad SMARTS) is 1. The molecule has 0 aliphatic carbocycles. The molecule has 0 unspecified atom stereocenters. The quantitative estimate of drug-likeness (QED) is 0.862. The van der Waals surface area contributed by atoms with E-state index < -0.39 is 29.7 Å². The lowest BCUT2D eigenvalue weighted by atomic mass is 10.3. The maximum atomic E-state index is 12.4. The summed E-state index contributed by atoms with van der Waals surface area (Å²) >= 11 is 0. The molecule has 1 atom stereocenters. The molecule has 1 amide bonds. The summed E-state index contributed by atoms with van der Waals surface area (Å²) in [6, 6.07) is 0.756. The van der Waals surface area contributed by atoms with Crippen molar-refractivity contribution in [2.24, 2.45) is 0 Å². The van der Waals surface area contributed by atoms with Gasteiger partial charge >= 0.3 is 12.1 Å². The summed E-state index contributed by atoms with van der Waals surface area (Å²) in [5.41, 5.74) is -1.12. The number of carbonyl (C=O) groups excluding carboxylic acids is 1. The number of carboxylic acids is 1. The highest BCUT2D eigenvalue weighted by molar-refractivity contribution is 5.94. The molecule has 23 heavy (non-hydrogen) atoms. The number of alkyl halides is 3. The molecule has 0 saturated carbocycles. The molecule has 2 heterocycles. The van der Waals surface area contributed by atoms with Gasteiger partial charge in [0.25, 0.3) is 5.91 Å². The molecule has 11 heteroatoms. The van der Waals surface area contributed by atoms with E-state index in [2.05, 4.69) is 20.6 Å². The van der Waals surface area contributed by atoms with Crippen molar-refractivity contribution in [3.8, 4) is 5.82 Å². The Labute approximate surface area is 126 Å². The molecule has 0 radical (unpaired) electrons. The first kappa shape index (κ1) is 16.4. The number of nitrogens with one attached hydrogen (secondary N) is 1. The van der Waals surface area contributed by atoms with Crippen LogP contribution in [-0.2, 0) is 11.0 Å². The predicted molar refractivity (Wildman–Crippen MR) is 68.7 cm³/mol. The summed E-state index contributed by atoms with van der Waals surface area (Å²) in [6.45, 7) is 1.27. The lowest BCUT2D eigenvalue weighted by molar-refractivity contribution is -0.139. The van der Waals surface area contributed by atoms with E-state index in [0.29, 0.717) is 6.20 Å². The van der Waals surface area contributed by atoms with Crippen LogP contribution in [-0.4, -0.2) is 43.0 Å². The summed E-state index contributed by atoms with van der Waals surface area (Å²) in [6.07, 6.45) is -2.76. The Morgan fingerprint density at radius 3 is 2.57 bits per heavy atom. The van der Waals surface area contributed by atoms with Gasteiger partial charge in [0, 0.05) is 6.20 Å². The standard InChI is InChI=1S/C12H10F3N5O3/c1-6(11(22)23)17-10(21)8-5-20(19-18-8)9-3-2-7(4-16-9)12(13,14)15/h2-6H,1H3,(H,17,21)(H,22,23)/t6-/m0/s1. The molecule has 2 aromatic heterocycles. The van der Waals surface area contributed by atoms with Crippen molar-refractivity contribution in [1.82, 2.24) is 25.3 Å². The molecule has 0 bridgehead atoms. The summed E-state index contributed by atoms with van der Waals surface area (Å²) in [5.74, 6) is -1.98. The van der Waals surface area contributed by atoms with Gasteiger partial charge in [0.15, 0.2) is 11.5 Å². The van der Waals surface area contributed by atoms with E-state index in [1.54, 1.807) is 0 Å². The molecule has 2 rings (SSSR count). The molecule has 8 nitrogen and oxygen atoms in total. The molecule has 0 spiro atoms. The van der Waals surface area contributed by atoms with Gasteiger partial charge in [0.2, 0.25) is 0 Å². The zero-order valence-corrected chi connectivity index (χ0v) is 11.6. The minimum Gasteiger partial charge on any atom is -0.480 e. The molecule has 122 valence electrons. The Morgan fingerprint density at radius 1 is 1.35 bits per heavy atom. The summed E-state index contributed by atoms with van der Waals surface area (Å²) in [5, 5.41) is 17.9. The van der Waals surface area contributed by atoms with Crippen LogP contribution in [0.2, 0.25) is 0 Å². The molecule has 2 aromatic rings. The van der Waals surface area contributed by atoms with E-state index in [1.165, 1.54) is 6.92 Å². The van der Waals surface area contributed by atoms with Crippen LogP contribution in [0.4, 0.5) is 13.2 Å². The fourth-order valence-corrected chi connectivity index (χ4v) is 1.50. The van der Waals surface area contributed by atoms with Gasteiger partial charge in [0.05, 0.1) is 11.8 Å². The zero-order valence-electron chi connectivity index (χ0n) is 11.6. The fourth-order valence-electron chi connectivity index (χ4n) is 1.50. The first-order chi connectivity index (χ1) is 10.7. The van der Waals surface area contributed by atoms with Crippen LogP contribution < -0.4 is 5.32 Å². The van der Waals surface area contributed by atoms with Gasteiger partial charge in [-0.3, -0.25) is 9.59 Å². The van der Waals surface area contributed by atoms with Crippen LogP contribution in [0, 0.1) is 0 Å². The molecule has 0 saturated heterocycles.